The molecular weight excluding hydrogens is 558 g/mol. The van der Waals surface area contributed by atoms with Crippen LogP contribution in [0.25, 0.3) is 0 Å². The Morgan fingerprint density at radius 2 is 1.74 bits per heavy atom. The molecule has 1 saturated heterocycles. The third-order valence-electron chi connectivity index (χ3n) is 6.61. The van der Waals surface area contributed by atoms with Crippen LogP contribution in [0, 0.1) is 0 Å². The van der Waals surface area contributed by atoms with E-state index in [0.717, 1.165) is 31.4 Å². The van der Waals surface area contributed by atoms with Crippen molar-refractivity contribution < 1.29 is 38.7 Å². The van der Waals surface area contributed by atoms with Crippen molar-refractivity contribution in [2.45, 2.75) is 77.5 Å². The lowest BCUT2D eigenvalue weighted by molar-refractivity contribution is -0.214. The number of ether oxygens (including phenoxy) is 1. The first-order valence-corrected chi connectivity index (χ1v) is 14.8. The maximum Gasteiger partial charge on any atom is 0.407 e. The number of hydrogen-bond donors (Lipinski definition) is 3. The summed E-state index contributed by atoms with van der Waals surface area (Å²) in [5, 5.41) is 16.3. The number of benzene rings is 1. The standard InChI is InChI=1S/C30H47N5O8/c1-30(2,3)43-33(4)17-10-6-9-15-25(36)31-16-11-14-24-28(40)34(21-27(38)39)18-19-35(24)26(37)20-32-29(41)42-22-23-12-7-5-8-13-23/h5,7-8,12-13,24H,6,9-11,14-22H2,1-4H3,(H,31,36)(H,32,41)(H,38,39)/t24-/m0/s1. The highest BCUT2D eigenvalue weighted by molar-refractivity contribution is 5.92. The number of hydroxylamine groups is 2. The van der Waals surface area contributed by atoms with Crippen LogP contribution in [0.15, 0.2) is 30.3 Å². The van der Waals surface area contributed by atoms with E-state index in [1.165, 1.54) is 9.80 Å². The van der Waals surface area contributed by atoms with Crippen LogP contribution in [-0.2, 0) is 35.4 Å². The van der Waals surface area contributed by atoms with E-state index in [0.29, 0.717) is 19.4 Å². The van der Waals surface area contributed by atoms with Gasteiger partial charge in [0.05, 0.1) is 5.60 Å². The predicted octanol–water partition coefficient (Wildman–Crippen LogP) is 2.16. The van der Waals surface area contributed by atoms with Gasteiger partial charge in [0.25, 0.3) is 0 Å². The quantitative estimate of drug-likeness (QED) is 0.179. The molecule has 0 spiro atoms. The fraction of sp³-hybridized carbons (Fsp3) is 0.633. The number of piperazine rings is 1. The number of carbonyl (C=O) groups excluding carboxylic acids is 4. The number of carboxylic acids is 1. The van der Waals surface area contributed by atoms with Gasteiger partial charge < -0.3 is 30.3 Å². The molecule has 0 bridgehead atoms. The van der Waals surface area contributed by atoms with Gasteiger partial charge in [-0.05, 0) is 52.0 Å². The molecule has 0 unspecified atom stereocenters. The van der Waals surface area contributed by atoms with Crippen LogP contribution in [0.2, 0.25) is 0 Å². The van der Waals surface area contributed by atoms with Gasteiger partial charge in [-0.3, -0.25) is 24.0 Å². The second-order valence-corrected chi connectivity index (χ2v) is 11.5. The Balaban J connectivity index is 1.77. The molecule has 0 aromatic heterocycles. The zero-order chi connectivity index (χ0) is 31.8. The maximum atomic E-state index is 13.1. The Hall–Kier alpha value is -3.71. The second kappa shape index (κ2) is 18.1. The van der Waals surface area contributed by atoms with Crippen LogP contribution in [0.4, 0.5) is 4.79 Å². The zero-order valence-electron chi connectivity index (χ0n) is 25.8. The lowest BCUT2D eigenvalue weighted by atomic mass is 10.0. The van der Waals surface area contributed by atoms with Crippen LogP contribution in [0.3, 0.4) is 0 Å². The lowest BCUT2D eigenvalue weighted by Crippen LogP contribution is -2.60. The first kappa shape index (κ1) is 35.5. The number of carbonyl (C=O) groups is 5. The van der Waals surface area contributed by atoms with Crippen molar-refractivity contribution in [2.24, 2.45) is 0 Å². The molecule has 1 heterocycles. The van der Waals surface area contributed by atoms with Gasteiger partial charge in [-0.15, -0.1) is 0 Å². The molecule has 1 aliphatic heterocycles. The number of alkyl carbamates (subject to hydrolysis) is 1. The first-order valence-electron chi connectivity index (χ1n) is 14.8. The molecule has 240 valence electrons. The molecule has 1 aliphatic rings. The van der Waals surface area contributed by atoms with Crippen LogP contribution in [-0.4, -0.2) is 108 Å². The van der Waals surface area contributed by atoms with Crippen molar-refractivity contribution in [2.75, 3.05) is 46.3 Å². The van der Waals surface area contributed by atoms with Crippen LogP contribution < -0.4 is 10.6 Å². The maximum absolute atomic E-state index is 13.1. The monoisotopic (exact) mass is 605 g/mol. The van der Waals surface area contributed by atoms with Gasteiger partial charge in [-0.1, -0.05) is 36.8 Å². The van der Waals surface area contributed by atoms with E-state index < -0.39 is 36.5 Å². The van der Waals surface area contributed by atoms with E-state index >= 15 is 0 Å². The van der Waals surface area contributed by atoms with Crippen molar-refractivity contribution in [3.05, 3.63) is 35.9 Å². The fourth-order valence-corrected chi connectivity index (χ4v) is 4.68. The molecule has 3 N–H and O–H groups in total. The number of nitrogens with zero attached hydrogens (tertiary/aromatic N) is 3. The molecule has 0 radical (unpaired) electrons. The molecule has 0 aliphatic carbocycles. The van der Waals surface area contributed by atoms with E-state index in [-0.39, 0.29) is 44.2 Å². The van der Waals surface area contributed by atoms with Gasteiger partial charge in [0.2, 0.25) is 17.7 Å². The Kier molecular flexibility index (Phi) is 14.9. The van der Waals surface area contributed by atoms with Gasteiger partial charge in [0, 0.05) is 39.6 Å². The van der Waals surface area contributed by atoms with Gasteiger partial charge in [-0.25, -0.2) is 4.79 Å². The summed E-state index contributed by atoms with van der Waals surface area (Å²) in [7, 11) is 1.89. The highest BCUT2D eigenvalue weighted by Gasteiger charge is 2.37. The molecule has 13 heteroatoms. The van der Waals surface area contributed by atoms with Crippen molar-refractivity contribution in [1.29, 1.82) is 0 Å². The predicted molar refractivity (Wildman–Crippen MR) is 159 cm³/mol. The topological polar surface area (TPSA) is 158 Å². The third-order valence-corrected chi connectivity index (χ3v) is 6.61. The van der Waals surface area contributed by atoms with Crippen molar-refractivity contribution >= 4 is 29.8 Å². The van der Waals surface area contributed by atoms with E-state index in [9.17, 15) is 29.1 Å². The molecule has 13 nitrogen and oxygen atoms in total. The summed E-state index contributed by atoms with van der Waals surface area (Å²) in [6.07, 6.45) is 2.79. The third kappa shape index (κ3) is 14.3. The molecule has 0 saturated carbocycles. The van der Waals surface area contributed by atoms with Crippen molar-refractivity contribution in [3.8, 4) is 0 Å². The van der Waals surface area contributed by atoms with Crippen LogP contribution in [0.1, 0.15) is 64.9 Å². The minimum absolute atomic E-state index is 0.0469. The molecule has 1 fully saturated rings. The summed E-state index contributed by atoms with van der Waals surface area (Å²) < 4.78 is 5.14. The first-order chi connectivity index (χ1) is 20.4. The lowest BCUT2D eigenvalue weighted by Gasteiger charge is -2.40. The highest BCUT2D eigenvalue weighted by Crippen LogP contribution is 2.17. The summed E-state index contributed by atoms with van der Waals surface area (Å²) in [4.78, 5) is 70.0. The average Bonchev–Trinajstić information content (AvgIpc) is 2.93. The zero-order valence-corrected chi connectivity index (χ0v) is 25.8. The molecule has 1 atom stereocenters. The number of hydrogen-bond acceptors (Lipinski definition) is 8. The van der Waals surface area contributed by atoms with Crippen LogP contribution >= 0.6 is 0 Å². The number of unbranched alkanes of at least 4 members (excludes halogenated alkanes) is 2. The van der Waals surface area contributed by atoms with E-state index in [1.807, 2.05) is 51.1 Å². The minimum atomic E-state index is -1.14. The molecule has 43 heavy (non-hydrogen) atoms. The van der Waals surface area contributed by atoms with Crippen molar-refractivity contribution in [1.82, 2.24) is 25.5 Å². The fourth-order valence-electron chi connectivity index (χ4n) is 4.68. The SMILES string of the molecule is CN(CCCCCC(=O)NCCC[C@H]1C(=O)N(CC(=O)O)CCN1C(=O)CNC(=O)OCc1ccccc1)OC(C)(C)C. The summed E-state index contributed by atoms with van der Waals surface area (Å²) in [6, 6.07) is 8.19. The molecule has 2 rings (SSSR count). The highest BCUT2D eigenvalue weighted by atomic mass is 16.7. The Labute approximate surface area is 253 Å². The summed E-state index contributed by atoms with van der Waals surface area (Å²) in [5.74, 6) is -2.18. The smallest absolute Gasteiger partial charge is 0.407 e. The summed E-state index contributed by atoms with van der Waals surface area (Å²) >= 11 is 0. The van der Waals surface area contributed by atoms with E-state index in [2.05, 4.69) is 10.6 Å². The number of rotatable bonds is 17. The van der Waals surface area contributed by atoms with Gasteiger partial charge in [0.1, 0.15) is 25.7 Å². The average molecular weight is 606 g/mol. The second-order valence-electron chi connectivity index (χ2n) is 11.5. The van der Waals surface area contributed by atoms with Gasteiger partial charge >= 0.3 is 12.1 Å². The Morgan fingerprint density at radius 1 is 1.02 bits per heavy atom. The molecular formula is C30H47N5O8. The van der Waals surface area contributed by atoms with Crippen molar-refractivity contribution in [3.63, 3.8) is 0 Å². The number of nitrogens with one attached hydrogen (secondary N) is 2. The van der Waals surface area contributed by atoms with E-state index in [1.54, 1.807) is 12.1 Å². The number of aliphatic carboxylic acids is 1. The largest absolute Gasteiger partial charge is 0.480 e. The molecule has 1 aromatic carbocycles. The number of amides is 4. The van der Waals surface area contributed by atoms with Crippen LogP contribution in [0.5, 0.6) is 0 Å². The summed E-state index contributed by atoms with van der Waals surface area (Å²) in [5.41, 5.74) is 0.550. The normalized spacial score (nSPS) is 15.4. The van der Waals surface area contributed by atoms with E-state index in [4.69, 9.17) is 9.57 Å². The van der Waals surface area contributed by atoms with Gasteiger partial charge in [0.15, 0.2) is 0 Å². The Morgan fingerprint density at radius 3 is 2.42 bits per heavy atom. The minimum Gasteiger partial charge on any atom is -0.480 e. The molecule has 4 amide bonds. The molecule has 1 aromatic rings. The Bertz CT molecular complexity index is 1060. The number of carboxylic acid groups (broad SMARTS) is 1. The summed E-state index contributed by atoms with van der Waals surface area (Å²) in [6.45, 7) is 6.47. The van der Waals surface area contributed by atoms with Gasteiger partial charge in [-0.2, -0.15) is 5.06 Å².